The Bertz CT molecular complexity index is 680. The van der Waals surface area contributed by atoms with Crippen molar-refractivity contribution in [2.45, 2.75) is 30.6 Å². The van der Waals surface area contributed by atoms with Gasteiger partial charge in [0.1, 0.15) is 4.90 Å². The third kappa shape index (κ3) is 3.83. The van der Waals surface area contributed by atoms with Crippen molar-refractivity contribution in [3.8, 4) is 0 Å². The first kappa shape index (κ1) is 15.5. The molecule has 0 atom stereocenters. The fourth-order valence-electron chi connectivity index (χ4n) is 2.31. The lowest BCUT2D eigenvalue weighted by Crippen LogP contribution is -2.26. The molecule has 6 nitrogen and oxygen atoms in total. The van der Waals surface area contributed by atoms with E-state index < -0.39 is 16.0 Å². The highest BCUT2D eigenvalue weighted by Gasteiger charge is 2.18. The Morgan fingerprint density at radius 1 is 1.38 bits per heavy atom. The quantitative estimate of drug-likeness (QED) is 0.548. The number of hydrogen-bond acceptors (Lipinski definition) is 4. The van der Waals surface area contributed by atoms with E-state index in [9.17, 15) is 13.2 Å². The van der Waals surface area contributed by atoms with E-state index in [4.69, 9.17) is 10.8 Å². The predicted octanol–water partition coefficient (Wildman–Crippen LogP) is 1.75. The number of nitrogens with two attached hydrogens (primary N) is 1. The van der Waals surface area contributed by atoms with Crippen LogP contribution in [0.5, 0.6) is 0 Å². The number of anilines is 1. The molecule has 0 spiro atoms. The minimum atomic E-state index is -3.72. The molecule has 0 saturated heterocycles. The van der Waals surface area contributed by atoms with Crippen molar-refractivity contribution in [2.75, 3.05) is 12.3 Å². The number of hydrogen-bond donors (Lipinski definition) is 3. The number of carbonyl (C=O) groups is 1. The number of nitrogen functional groups attached to an aromatic ring is 1. The Labute approximate surface area is 123 Å². The summed E-state index contributed by atoms with van der Waals surface area (Å²) in [6.07, 6.45) is 6.05. The van der Waals surface area contributed by atoms with E-state index in [1.54, 1.807) is 0 Å². The normalized spacial score (nSPS) is 15.0. The Kier molecular flexibility index (Phi) is 4.64. The second-order valence-electron chi connectivity index (χ2n) is 4.96. The lowest BCUT2D eigenvalue weighted by molar-refractivity contribution is 0.0697. The Hall–Kier alpha value is -1.86. The van der Waals surface area contributed by atoms with Crippen molar-refractivity contribution in [2.24, 2.45) is 0 Å². The molecule has 0 amide bonds. The average molecular weight is 310 g/mol. The Balaban J connectivity index is 2.06. The van der Waals surface area contributed by atoms with Gasteiger partial charge in [0.15, 0.2) is 0 Å². The number of aromatic carboxylic acids is 1. The summed E-state index contributed by atoms with van der Waals surface area (Å²) < 4.78 is 26.8. The molecule has 0 unspecified atom stereocenters. The van der Waals surface area contributed by atoms with Crippen LogP contribution in [0.2, 0.25) is 0 Å². The first-order valence-electron chi connectivity index (χ1n) is 6.70. The van der Waals surface area contributed by atoms with E-state index in [1.807, 2.05) is 0 Å². The summed E-state index contributed by atoms with van der Waals surface area (Å²) in [5, 5.41) is 8.84. The van der Waals surface area contributed by atoms with Crippen LogP contribution in [0.15, 0.2) is 34.7 Å². The minimum absolute atomic E-state index is 0.0393. The van der Waals surface area contributed by atoms with Gasteiger partial charge < -0.3 is 10.8 Å². The number of carboxylic acid groups (broad SMARTS) is 1. The predicted molar refractivity (Wildman–Crippen MR) is 79.6 cm³/mol. The van der Waals surface area contributed by atoms with Gasteiger partial charge in [-0.1, -0.05) is 11.6 Å². The van der Waals surface area contributed by atoms with Crippen molar-refractivity contribution in [3.05, 3.63) is 35.4 Å². The molecule has 1 aromatic rings. The highest BCUT2D eigenvalue weighted by Crippen LogP contribution is 2.22. The van der Waals surface area contributed by atoms with Gasteiger partial charge in [0.2, 0.25) is 10.0 Å². The van der Waals surface area contributed by atoms with Crippen LogP contribution in [0.4, 0.5) is 5.69 Å². The van der Waals surface area contributed by atoms with E-state index >= 15 is 0 Å². The summed E-state index contributed by atoms with van der Waals surface area (Å²) in [7, 11) is -3.72. The van der Waals surface area contributed by atoms with Gasteiger partial charge in [-0.3, -0.25) is 0 Å². The van der Waals surface area contributed by atoms with Crippen molar-refractivity contribution in [1.29, 1.82) is 0 Å². The number of sulfonamides is 1. The molecule has 0 fully saturated rings. The third-order valence-corrected chi connectivity index (χ3v) is 4.95. The van der Waals surface area contributed by atoms with Crippen LogP contribution in [0, 0.1) is 0 Å². The third-order valence-electron chi connectivity index (χ3n) is 3.42. The Morgan fingerprint density at radius 2 is 2.14 bits per heavy atom. The second kappa shape index (κ2) is 6.28. The number of allylic oxidation sites excluding steroid dienone is 1. The summed E-state index contributed by atoms with van der Waals surface area (Å²) in [5.74, 6) is -1.15. The Morgan fingerprint density at radius 3 is 2.71 bits per heavy atom. The van der Waals surface area contributed by atoms with Crippen LogP contribution >= 0.6 is 0 Å². The summed E-state index contributed by atoms with van der Waals surface area (Å²) in [4.78, 5) is 10.7. The zero-order valence-electron chi connectivity index (χ0n) is 11.5. The molecule has 0 aromatic heterocycles. The first-order valence-corrected chi connectivity index (χ1v) is 8.19. The fourth-order valence-corrected chi connectivity index (χ4v) is 3.46. The maximum Gasteiger partial charge on any atom is 0.335 e. The summed E-state index contributed by atoms with van der Waals surface area (Å²) in [6, 6.07) is 3.60. The average Bonchev–Trinajstić information content (AvgIpc) is 2.91. The SMILES string of the molecule is Nc1cc(C(=O)O)ccc1S(=O)(=O)NCCC1=CCCC1. The van der Waals surface area contributed by atoms with Gasteiger partial charge in [0, 0.05) is 6.54 Å². The van der Waals surface area contributed by atoms with Crippen molar-refractivity contribution in [3.63, 3.8) is 0 Å². The van der Waals surface area contributed by atoms with E-state index in [0.717, 1.165) is 25.3 Å². The van der Waals surface area contributed by atoms with E-state index in [-0.39, 0.29) is 16.1 Å². The molecule has 0 aliphatic heterocycles. The van der Waals surface area contributed by atoms with Crippen LogP contribution in [0.3, 0.4) is 0 Å². The zero-order valence-corrected chi connectivity index (χ0v) is 12.3. The molecule has 1 aliphatic carbocycles. The van der Waals surface area contributed by atoms with Crippen molar-refractivity contribution < 1.29 is 18.3 Å². The number of nitrogens with one attached hydrogen (secondary N) is 1. The summed E-state index contributed by atoms with van der Waals surface area (Å²) >= 11 is 0. The van der Waals surface area contributed by atoms with Gasteiger partial charge in [-0.15, -0.1) is 0 Å². The van der Waals surface area contributed by atoms with E-state index in [0.29, 0.717) is 13.0 Å². The van der Waals surface area contributed by atoms with E-state index in [2.05, 4.69) is 10.8 Å². The molecular formula is C14H18N2O4S. The van der Waals surface area contributed by atoms with Crippen LogP contribution in [-0.2, 0) is 10.0 Å². The number of carboxylic acids is 1. The summed E-state index contributed by atoms with van der Waals surface area (Å²) in [5.41, 5.74) is 6.81. The fraction of sp³-hybridized carbons (Fsp3) is 0.357. The first-order chi connectivity index (χ1) is 9.90. The molecule has 1 aromatic carbocycles. The largest absolute Gasteiger partial charge is 0.478 e. The molecule has 0 saturated carbocycles. The van der Waals surface area contributed by atoms with Gasteiger partial charge >= 0.3 is 5.97 Å². The van der Waals surface area contributed by atoms with Crippen molar-refractivity contribution in [1.82, 2.24) is 4.72 Å². The molecule has 0 bridgehead atoms. The van der Waals surface area contributed by atoms with Crippen LogP contribution in [0.25, 0.3) is 0 Å². The van der Waals surface area contributed by atoms with Crippen LogP contribution in [-0.4, -0.2) is 26.0 Å². The molecule has 114 valence electrons. The maximum atomic E-state index is 12.1. The van der Waals surface area contributed by atoms with Crippen LogP contribution in [0.1, 0.15) is 36.0 Å². The standard InChI is InChI=1S/C14H18N2O4S/c15-12-9-11(14(17)18)5-6-13(12)21(19,20)16-8-7-10-3-1-2-4-10/h3,5-6,9,16H,1-2,4,7-8,15H2,(H,17,18). The highest BCUT2D eigenvalue weighted by atomic mass is 32.2. The molecular weight excluding hydrogens is 292 g/mol. The maximum absolute atomic E-state index is 12.1. The van der Waals surface area contributed by atoms with Gasteiger partial charge in [-0.2, -0.15) is 0 Å². The van der Waals surface area contributed by atoms with Gasteiger partial charge in [-0.25, -0.2) is 17.9 Å². The highest BCUT2D eigenvalue weighted by molar-refractivity contribution is 7.89. The molecule has 7 heteroatoms. The minimum Gasteiger partial charge on any atom is -0.478 e. The smallest absolute Gasteiger partial charge is 0.335 e. The zero-order chi connectivity index (χ0) is 15.5. The molecule has 21 heavy (non-hydrogen) atoms. The monoisotopic (exact) mass is 310 g/mol. The number of rotatable bonds is 6. The van der Waals surface area contributed by atoms with E-state index in [1.165, 1.54) is 17.7 Å². The van der Waals surface area contributed by atoms with Gasteiger partial charge in [0.25, 0.3) is 0 Å². The van der Waals surface area contributed by atoms with Crippen LogP contribution < -0.4 is 10.5 Å². The second-order valence-corrected chi connectivity index (χ2v) is 6.70. The van der Waals surface area contributed by atoms with Gasteiger partial charge in [0.05, 0.1) is 11.3 Å². The number of benzene rings is 1. The van der Waals surface area contributed by atoms with Crippen molar-refractivity contribution >= 4 is 21.7 Å². The molecule has 0 heterocycles. The molecule has 4 N–H and O–H groups in total. The lowest BCUT2D eigenvalue weighted by atomic mass is 10.2. The lowest BCUT2D eigenvalue weighted by Gasteiger charge is -2.10. The molecule has 2 rings (SSSR count). The van der Waals surface area contributed by atoms with Gasteiger partial charge in [-0.05, 0) is 43.9 Å². The molecule has 1 aliphatic rings. The molecule has 0 radical (unpaired) electrons. The topological polar surface area (TPSA) is 109 Å². The summed E-state index contributed by atoms with van der Waals surface area (Å²) in [6.45, 7) is 0.314.